The van der Waals surface area contributed by atoms with Gasteiger partial charge in [0, 0.05) is 0 Å². The highest BCUT2D eigenvalue weighted by atomic mass is 16.6. The van der Waals surface area contributed by atoms with Crippen LogP contribution in [0.5, 0.6) is 0 Å². The molecule has 2 heterocycles. The van der Waals surface area contributed by atoms with Gasteiger partial charge in [-0.25, -0.2) is 0 Å². The van der Waals surface area contributed by atoms with E-state index in [1.165, 1.54) is 18.2 Å². The first-order chi connectivity index (χ1) is 12.0. The van der Waals surface area contributed by atoms with Crippen LogP contribution in [0.3, 0.4) is 0 Å². The highest BCUT2D eigenvalue weighted by Crippen LogP contribution is 2.22. The van der Waals surface area contributed by atoms with Gasteiger partial charge in [-0.2, -0.15) is 10.1 Å². The van der Waals surface area contributed by atoms with Crippen LogP contribution in [-0.2, 0) is 16.0 Å². The van der Waals surface area contributed by atoms with Crippen molar-refractivity contribution in [1.82, 2.24) is 5.01 Å². The smallest absolute Gasteiger partial charge is 0.401 e. The molecule has 8 nitrogen and oxygen atoms in total. The molecule has 0 aliphatic carbocycles. The second-order valence-corrected chi connectivity index (χ2v) is 5.35. The molecule has 0 N–H and O–H groups in total. The van der Waals surface area contributed by atoms with Crippen LogP contribution in [0, 0.1) is 10.1 Å². The van der Waals surface area contributed by atoms with Gasteiger partial charge in [-0.3, -0.25) is 19.7 Å². The van der Waals surface area contributed by atoms with E-state index < -0.39 is 22.6 Å². The Morgan fingerprint density at radius 1 is 1.28 bits per heavy atom. The zero-order valence-corrected chi connectivity index (χ0v) is 13.2. The molecule has 0 unspecified atom stereocenters. The first-order valence-corrected chi connectivity index (χ1v) is 7.38. The van der Waals surface area contributed by atoms with Gasteiger partial charge in [-0.1, -0.05) is 30.3 Å². The zero-order chi connectivity index (χ0) is 18.0. The molecule has 1 aliphatic rings. The quantitative estimate of drug-likeness (QED) is 0.483. The summed E-state index contributed by atoms with van der Waals surface area (Å²) in [5.74, 6) is -1.33. The number of carbonyl (C=O) groups is 2. The SMILES string of the molecule is CC1=NN(C(=O)Cc2ccccc2)C(=O)/C1=C\c1ccc([N+](=O)[O-])o1. The molecule has 8 heteroatoms. The Labute approximate surface area is 142 Å². The van der Waals surface area contributed by atoms with E-state index in [9.17, 15) is 19.7 Å². The average Bonchev–Trinajstić information content (AvgIpc) is 3.16. The van der Waals surface area contributed by atoms with Gasteiger partial charge < -0.3 is 4.42 Å². The molecule has 2 aromatic rings. The lowest BCUT2D eigenvalue weighted by Crippen LogP contribution is -2.30. The van der Waals surface area contributed by atoms with Crippen molar-refractivity contribution >= 4 is 29.5 Å². The number of furan rings is 1. The number of nitro groups is 1. The number of imide groups is 1. The summed E-state index contributed by atoms with van der Waals surface area (Å²) in [6.07, 6.45) is 1.38. The van der Waals surface area contributed by atoms with E-state index in [1.54, 1.807) is 31.2 Å². The maximum absolute atomic E-state index is 12.4. The maximum atomic E-state index is 12.4. The van der Waals surface area contributed by atoms with Gasteiger partial charge in [-0.05, 0) is 24.6 Å². The van der Waals surface area contributed by atoms with Gasteiger partial charge in [0.15, 0.2) is 0 Å². The molecule has 0 saturated heterocycles. The van der Waals surface area contributed by atoms with Crippen molar-refractivity contribution in [2.75, 3.05) is 0 Å². The third kappa shape index (κ3) is 3.37. The van der Waals surface area contributed by atoms with Crippen molar-refractivity contribution < 1.29 is 18.9 Å². The van der Waals surface area contributed by atoms with Crippen molar-refractivity contribution in [1.29, 1.82) is 0 Å². The minimum Gasteiger partial charge on any atom is -0.401 e. The number of rotatable bonds is 4. The van der Waals surface area contributed by atoms with E-state index in [-0.39, 0.29) is 17.8 Å². The number of amides is 2. The van der Waals surface area contributed by atoms with Crippen LogP contribution in [0.15, 0.2) is 57.6 Å². The fourth-order valence-electron chi connectivity index (χ4n) is 2.36. The van der Waals surface area contributed by atoms with Crippen LogP contribution in [-0.4, -0.2) is 27.5 Å². The lowest BCUT2D eigenvalue weighted by molar-refractivity contribution is -0.402. The Kier molecular flexibility index (Phi) is 4.25. The van der Waals surface area contributed by atoms with Crippen molar-refractivity contribution in [2.24, 2.45) is 5.10 Å². The van der Waals surface area contributed by atoms with E-state index in [0.717, 1.165) is 10.6 Å². The van der Waals surface area contributed by atoms with Crippen LogP contribution in [0.2, 0.25) is 0 Å². The van der Waals surface area contributed by atoms with Gasteiger partial charge in [0.25, 0.3) is 11.8 Å². The van der Waals surface area contributed by atoms with Gasteiger partial charge >= 0.3 is 5.88 Å². The predicted octanol–water partition coefficient (Wildman–Crippen LogP) is 2.56. The summed E-state index contributed by atoms with van der Waals surface area (Å²) in [7, 11) is 0. The van der Waals surface area contributed by atoms with E-state index in [0.29, 0.717) is 5.71 Å². The van der Waals surface area contributed by atoms with Gasteiger partial charge in [-0.15, -0.1) is 0 Å². The molecule has 2 amide bonds. The number of carbonyl (C=O) groups excluding carboxylic acids is 2. The number of nitrogens with zero attached hydrogens (tertiary/aromatic N) is 3. The summed E-state index contributed by atoms with van der Waals surface area (Å²) in [5.41, 5.74) is 1.27. The summed E-state index contributed by atoms with van der Waals surface area (Å²) in [6.45, 7) is 1.58. The lowest BCUT2D eigenvalue weighted by atomic mass is 10.1. The summed E-state index contributed by atoms with van der Waals surface area (Å²) >= 11 is 0. The number of hydrogen-bond acceptors (Lipinski definition) is 6. The highest BCUT2D eigenvalue weighted by molar-refractivity contribution is 6.29. The molecular formula is C17H13N3O5. The van der Waals surface area contributed by atoms with Crippen LogP contribution in [0.25, 0.3) is 6.08 Å². The summed E-state index contributed by atoms with van der Waals surface area (Å²) < 4.78 is 5.01. The molecule has 0 atom stereocenters. The standard InChI is InChI=1S/C17H13N3O5/c1-11-14(10-13-7-8-16(25-13)20(23)24)17(22)19(18-11)15(21)9-12-5-3-2-4-6-12/h2-8,10H,9H2,1H3/b14-10-. The molecule has 3 rings (SSSR count). The Morgan fingerprint density at radius 3 is 2.64 bits per heavy atom. The Bertz CT molecular complexity index is 911. The fourth-order valence-corrected chi connectivity index (χ4v) is 2.36. The molecule has 0 saturated carbocycles. The summed E-state index contributed by atoms with van der Waals surface area (Å²) in [4.78, 5) is 34.7. The Hall–Kier alpha value is -3.55. The van der Waals surface area contributed by atoms with Crippen molar-refractivity contribution in [3.63, 3.8) is 0 Å². The number of hydrogen-bond donors (Lipinski definition) is 0. The molecule has 1 aromatic carbocycles. The molecule has 1 aliphatic heterocycles. The molecule has 0 fully saturated rings. The van der Waals surface area contributed by atoms with Gasteiger partial charge in [0.2, 0.25) is 0 Å². The summed E-state index contributed by atoms with van der Waals surface area (Å²) in [5, 5.41) is 15.4. The second kappa shape index (κ2) is 6.52. The molecule has 25 heavy (non-hydrogen) atoms. The minimum atomic E-state index is -0.672. The second-order valence-electron chi connectivity index (χ2n) is 5.35. The molecule has 0 spiro atoms. The van der Waals surface area contributed by atoms with Crippen molar-refractivity contribution in [3.05, 3.63) is 69.5 Å². The Balaban J connectivity index is 1.79. The van der Waals surface area contributed by atoms with E-state index in [1.807, 2.05) is 6.07 Å². The largest absolute Gasteiger partial charge is 0.433 e. The minimum absolute atomic E-state index is 0.0445. The van der Waals surface area contributed by atoms with E-state index in [2.05, 4.69) is 5.10 Å². The third-order valence-corrected chi connectivity index (χ3v) is 3.58. The first-order valence-electron chi connectivity index (χ1n) is 7.38. The maximum Gasteiger partial charge on any atom is 0.433 e. The average molecular weight is 339 g/mol. The van der Waals surface area contributed by atoms with Crippen molar-refractivity contribution in [3.8, 4) is 0 Å². The first kappa shape index (κ1) is 16.3. The van der Waals surface area contributed by atoms with Gasteiger partial charge in [0.1, 0.15) is 10.7 Å². The topological polar surface area (TPSA) is 106 Å². The molecule has 0 bridgehead atoms. The zero-order valence-electron chi connectivity index (χ0n) is 13.2. The molecular weight excluding hydrogens is 326 g/mol. The van der Waals surface area contributed by atoms with Crippen LogP contribution in [0.1, 0.15) is 18.2 Å². The van der Waals surface area contributed by atoms with Crippen LogP contribution in [0.4, 0.5) is 5.88 Å². The number of benzene rings is 1. The molecule has 0 radical (unpaired) electrons. The van der Waals surface area contributed by atoms with Crippen LogP contribution >= 0.6 is 0 Å². The predicted molar refractivity (Wildman–Crippen MR) is 88.4 cm³/mol. The van der Waals surface area contributed by atoms with E-state index in [4.69, 9.17) is 4.42 Å². The number of hydrazone groups is 1. The Morgan fingerprint density at radius 2 is 2.00 bits per heavy atom. The normalized spacial score (nSPS) is 15.6. The third-order valence-electron chi connectivity index (χ3n) is 3.58. The fraction of sp³-hybridized carbons (Fsp3) is 0.118. The lowest BCUT2D eigenvalue weighted by Gasteiger charge is -2.09. The van der Waals surface area contributed by atoms with E-state index >= 15 is 0 Å². The molecule has 1 aromatic heterocycles. The van der Waals surface area contributed by atoms with Crippen molar-refractivity contribution in [2.45, 2.75) is 13.3 Å². The molecule has 126 valence electrons. The highest BCUT2D eigenvalue weighted by Gasteiger charge is 2.32. The monoisotopic (exact) mass is 339 g/mol. The van der Waals surface area contributed by atoms with Gasteiger partial charge in [0.05, 0.1) is 23.8 Å². The summed E-state index contributed by atoms with van der Waals surface area (Å²) in [6, 6.07) is 11.6. The van der Waals surface area contributed by atoms with Crippen LogP contribution < -0.4 is 0 Å².